The summed E-state index contributed by atoms with van der Waals surface area (Å²) in [6.07, 6.45) is 3.18. The lowest BCUT2D eigenvalue weighted by molar-refractivity contribution is -0.125. The summed E-state index contributed by atoms with van der Waals surface area (Å²) in [7, 11) is 7.92. The van der Waals surface area contributed by atoms with Crippen LogP contribution in [-0.2, 0) is 11.3 Å². The average molecular weight is 398 g/mol. The number of carbonyl (C=O) groups is 2. The third-order valence-corrected chi connectivity index (χ3v) is 4.34. The topological polar surface area (TPSA) is 77.1 Å². The van der Waals surface area contributed by atoms with Crippen LogP contribution in [0.25, 0.3) is 6.08 Å². The standard InChI is InChI=1S/C22H26N2O5/c1-23-22(26)17-9-6-15(7-10-17)14-24(2)20(25)11-8-16-12-18(27-3)21(29-5)19(13-16)28-4/h6-13H,14H2,1-5H3,(H,23,26)/b11-8+. The Morgan fingerprint density at radius 2 is 1.59 bits per heavy atom. The number of amides is 2. The monoisotopic (exact) mass is 398 g/mol. The Morgan fingerprint density at radius 1 is 1.00 bits per heavy atom. The van der Waals surface area contributed by atoms with E-state index in [-0.39, 0.29) is 11.8 Å². The van der Waals surface area contributed by atoms with E-state index in [1.807, 2.05) is 12.1 Å². The molecule has 0 aliphatic heterocycles. The summed E-state index contributed by atoms with van der Waals surface area (Å²) in [5, 5.41) is 2.58. The molecule has 2 aromatic rings. The van der Waals surface area contributed by atoms with E-state index in [2.05, 4.69) is 5.32 Å². The van der Waals surface area contributed by atoms with Crippen LogP contribution in [0.3, 0.4) is 0 Å². The van der Waals surface area contributed by atoms with Gasteiger partial charge in [0.2, 0.25) is 11.7 Å². The Balaban J connectivity index is 2.09. The van der Waals surface area contributed by atoms with Crippen molar-refractivity contribution in [1.29, 1.82) is 0 Å². The first-order valence-electron chi connectivity index (χ1n) is 8.97. The maximum atomic E-state index is 12.5. The number of likely N-dealkylation sites (N-methyl/N-ethyl adjacent to an activating group) is 1. The molecule has 0 aliphatic rings. The number of carbonyl (C=O) groups excluding carboxylic acids is 2. The Morgan fingerprint density at radius 3 is 2.07 bits per heavy atom. The van der Waals surface area contributed by atoms with Crippen LogP contribution in [0, 0.1) is 0 Å². The van der Waals surface area contributed by atoms with Gasteiger partial charge in [0.25, 0.3) is 5.91 Å². The van der Waals surface area contributed by atoms with E-state index in [9.17, 15) is 9.59 Å². The molecule has 0 fully saturated rings. The van der Waals surface area contributed by atoms with Crippen molar-refractivity contribution in [3.8, 4) is 17.2 Å². The fourth-order valence-electron chi connectivity index (χ4n) is 2.75. The zero-order chi connectivity index (χ0) is 21.4. The van der Waals surface area contributed by atoms with Crippen LogP contribution in [0.4, 0.5) is 0 Å². The van der Waals surface area contributed by atoms with Crippen molar-refractivity contribution in [1.82, 2.24) is 10.2 Å². The molecule has 0 saturated heterocycles. The molecule has 2 rings (SSSR count). The van der Waals surface area contributed by atoms with Crippen molar-refractivity contribution in [3.05, 3.63) is 59.2 Å². The second kappa shape index (κ2) is 10.2. The highest BCUT2D eigenvalue weighted by Crippen LogP contribution is 2.38. The summed E-state index contributed by atoms with van der Waals surface area (Å²) >= 11 is 0. The lowest BCUT2D eigenvalue weighted by Gasteiger charge is -2.16. The molecule has 2 amide bonds. The molecule has 0 unspecified atom stereocenters. The fraction of sp³-hybridized carbons (Fsp3) is 0.273. The summed E-state index contributed by atoms with van der Waals surface area (Å²) < 4.78 is 15.9. The molecule has 0 bridgehead atoms. The molecule has 154 valence electrons. The van der Waals surface area contributed by atoms with E-state index in [0.29, 0.717) is 29.4 Å². The normalized spacial score (nSPS) is 10.5. The fourth-order valence-corrected chi connectivity index (χ4v) is 2.75. The first-order chi connectivity index (χ1) is 13.9. The number of methoxy groups -OCH3 is 3. The molecule has 1 N–H and O–H groups in total. The van der Waals surface area contributed by atoms with Crippen LogP contribution < -0.4 is 19.5 Å². The van der Waals surface area contributed by atoms with Gasteiger partial charge in [0.05, 0.1) is 21.3 Å². The minimum absolute atomic E-state index is 0.144. The zero-order valence-corrected chi connectivity index (χ0v) is 17.3. The van der Waals surface area contributed by atoms with E-state index in [0.717, 1.165) is 11.1 Å². The molecule has 0 atom stereocenters. The van der Waals surface area contributed by atoms with Gasteiger partial charge in [-0.25, -0.2) is 0 Å². The highest BCUT2D eigenvalue weighted by atomic mass is 16.5. The first-order valence-corrected chi connectivity index (χ1v) is 8.97. The smallest absolute Gasteiger partial charge is 0.251 e. The number of ether oxygens (including phenoxy) is 3. The number of nitrogens with zero attached hydrogens (tertiary/aromatic N) is 1. The largest absolute Gasteiger partial charge is 0.493 e. The second-order valence-corrected chi connectivity index (χ2v) is 6.26. The minimum Gasteiger partial charge on any atom is -0.493 e. The molecule has 0 spiro atoms. The highest BCUT2D eigenvalue weighted by molar-refractivity contribution is 5.94. The summed E-state index contributed by atoms with van der Waals surface area (Å²) in [6.45, 7) is 0.423. The van der Waals surface area contributed by atoms with Crippen LogP contribution in [-0.4, -0.2) is 52.1 Å². The number of benzene rings is 2. The SMILES string of the molecule is CNC(=O)c1ccc(CN(C)C(=O)/C=C/c2cc(OC)c(OC)c(OC)c2)cc1. The predicted octanol–water partition coefficient (Wildman–Crippen LogP) is 2.74. The Bertz CT molecular complexity index is 866. The van der Waals surface area contributed by atoms with E-state index in [4.69, 9.17) is 14.2 Å². The van der Waals surface area contributed by atoms with Gasteiger partial charge in [-0.3, -0.25) is 9.59 Å². The highest BCUT2D eigenvalue weighted by Gasteiger charge is 2.13. The summed E-state index contributed by atoms with van der Waals surface area (Å²) in [5.74, 6) is 1.23. The predicted molar refractivity (Wildman–Crippen MR) is 111 cm³/mol. The molecular formula is C22H26N2O5. The van der Waals surface area contributed by atoms with Gasteiger partial charge in [-0.1, -0.05) is 12.1 Å². The van der Waals surface area contributed by atoms with Crippen molar-refractivity contribution in [2.24, 2.45) is 0 Å². The Labute approximate surface area is 170 Å². The lowest BCUT2D eigenvalue weighted by Crippen LogP contribution is -2.24. The van der Waals surface area contributed by atoms with Crippen LogP contribution in [0.5, 0.6) is 17.2 Å². The third-order valence-electron chi connectivity index (χ3n) is 4.34. The molecule has 7 nitrogen and oxygen atoms in total. The van der Waals surface area contributed by atoms with E-state index in [1.54, 1.807) is 63.6 Å². The molecule has 0 aliphatic carbocycles. The first kappa shape index (κ1) is 21.8. The number of hydrogen-bond acceptors (Lipinski definition) is 5. The summed E-state index contributed by atoms with van der Waals surface area (Å²) in [5.41, 5.74) is 2.25. The van der Waals surface area contributed by atoms with Crippen LogP contribution >= 0.6 is 0 Å². The van der Waals surface area contributed by atoms with Crippen molar-refractivity contribution >= 4 is 17.9 Å². The molecule has 0 aromatic heterocycles. The maximum absolute atomic E-state index is 12.5. The second-order valence-electron chi connectivity index (χ2n) is 6.26. The molecule has 29 heavy (non-hydrogen) atoms. The summed E-state index contributed by atoms with van der Waals surface area (Å²) in [4.78, 5) is 25.6. The van der Waals surface area contributed by atoms with Crippen molar-refractivity contribution in [2.45, 2.75) is 6.54 Å². The molecule has 0 heterocycles. The molecule has 0 saturated carbocycles. The molecule has 0 radical (unpaired) electrons. The average Bonchev–Trinajstić information content (AvgIpc) is 2.76. The van der Waals surface area contributed by atoms with Gasteiger partial charge < -0.3 is 24.4 Å². The van der Waals surface area contributed by atoms with Crippen molar-refractivity contribution < 1.29 is 23.8 Å². The number of rotatable bonds is 8. The van der Waals surface area contributed by atoms with Gasteiger partial charge in [0.15, 0.2) is 11.5 Å². The van der Waals surface area contributed by atoms with Crippen molar-refractivity contribution in [3.63, 3.8) is 0 Å². The van der Waals surface area contributed by atoms with Crippen LogP contribution in [0.1, 0.15) is 21.5 Å². The number of nitrogens with one attached hydrogen (secondary N) is 1. The van der Waals surface area contributed by atoms with Gasteiger partial charge in [0.1, 0.15) is 0 Å². The maximum Gasteiger partial charge on any atom is 0.251 e. The van der Waals surface area contributed by atoms with Gasteiger partial charge in [-0.2, -0.15) is 0 Å². The van der Waals surface area contributed by atoms with Crippen LogP contribution in [0.2, 0.25) is 0 Å². The minimum atomic E-state index is -0.158. The summed E-state index contributed by atoms with van der Waals surface area (Å²) in [6, 6.07) is 10.7. The van der Waals surface area contributed by atoms with E-state index < -0.39 is 0 Å². The van der Waals surface area contributed by atoms with Gasteiger partial charge in [0, 0.05) is 32.3 Å². The molecule has 7 heteroatoms. The van der Waals surface area contributed by atoms with Gasteiger partial charge in [-0.15, -0.1) is 0 Å². The van der Waals surface area contributed by atoms with Crippen LogP contribution in [0.15, 0.2) is 42.5 Å². The quantitative estimate of drug-likeness (QED) is 0.692. The molecule has 2 aromatic carbocycles. The zero-order valence-electron chi connectivity index (χ0n) is 17.3. The van der Waals surface area contributed by atoms with E-state index in [1.165, 1.54) is 13.2 Å². The molecular weight excluding hydrogens is 372 g/mol. The van der Waals surface area contributed by atoms with Gasteiger partial charge >= 0.3 is 0 Å². The third kappa shape index (κ3) is 5.51. The lowest BCUT2D eigenvalue weighted by atomic mass is 10.1. The van der Waals surface area contributed by atoms with E-state index >= 15 is 0 Å². The number of hydrogen-bond donors (Lipinski definition) is 1. The Kier molecular flexibility index (Phi) is 7.65. The van der Waals surface area contributed by atoms with Crippen molar-refractivity contribution in [2.75, 3.05) is 35.4 Å². The Hall–Kier alpha value is -3.48. The van der Waals surface area contributed by atoms with Gasteiger partial charge in [-0.05, 0) is 41.5 Å².